The molecule has 0 amide bonds. The second-order valence-corrected chi connectivity index (χ2v) is 3.83. The molecule has 0 aliphatic carbocycles. The monoisotopic (exact) mass is 269 g/mol. The van der Waals surface area contributed by atoms with Crippen LogP contribution in [0.2, 0.25) is 0 Å². The third-order valence-corrected chi connectivity index (χ3v) is 2.62. The third-order valence-electron chi connectivity index (χ3n) is 1.88. The Morgan fingerprint density at radius 3 is 2.73 bits per heavy atom. The van der Waals surface area contributed by atoms with E-state index in [1.807, 2.05) is 6.07 Å². The zero-order valence-corrected chi connectivity index (χ0v) is 9.23. The molecule has 1 atom stereocenters. The molecule has 0 aliphatic rings. The standard InChI is InChI=1S/C10H8BrNO3/c11-8-3-6(5-12)1-2-7(8)4-9(13)10(14)15/h1-3,9,13H,4H2,(H,14,15). The Morgan fingerprint density at radius 1 is 1.60 bits per heavy atom. The van der Waals surface area contributed by atoms with E-state index in [4.69, 9.17) is 15.5 Å². The largest absolute Gasteiger partial charge is 0.479 e. The van der Waals surface area contributed by atoms with Crippen molar-refractivity contribution in [1.82, 2.24) is 0 Å². The first-order valence-electron chi connectivity index (χ1n) is 4.14. The summed E-state index contributed by atoms with van der Waals surface area (Å²) in [5, 5.41) is 26.3. The van der Waals surface area contributed by atoms with Crippen molar-refractivity contribution < 1.29 is 15.0 Å². The van der Waals surface area contributed by atoms with Crippen LogP contribution in [0, 0.1) is 11.3 Å². The summed E-state index contributed by atoms with van der Waals surface area (Å²) in [5.74, 6) is -1.26. The first-order chi connectivity index (χ1) is 7.04. The summed E-state index contributed by atoms with van der Waals surface area (Å²) in [5.41, 5.74) is 1.14. The smallest absolute Gasteiger partial charge is 0.332 e. The second-order valence-electron chi connectivity index (χ2n) is 2.98. The lowest BCUT2D eigenvalue weighted by Crippen LogP contribution is -2.22. The number of aliphatic hydroxyl groups excluding tert-OH is 1. The molecule has 15 heavy (non-hydrogen) atoms. The average Bonchev–Trinajstić information content (AvgIpc) is 2.20. The van der Waals surface area contributed by atoms with Crippen molar-refractivity contribution in [3.63, 3.8) is 0 Å². The van der Waals surface area contributed by atoms with E-state index in [1.54, 1.807) is 18.2 Å². The maximum Gasteiger partial charge on any atom is 0.332 e. The molecule has 2 N–H and O–H groups in total. The maximum absolute atomic E-state index is 10.4. The molecule has 5 heteroatoms. The summed E-state index contributed by atoms with van der Waals surface area (Å²) >= 11 is 3.21. The Bertz CT molecular complexity index is 425. The lowest BCUT2D eigenvalue weighted by atomic mass is 10.1. The van der Waals surface area contributed by atoms with Gasteiger partial charge in [-0.2, -0.15) is 5.26 Å². The van der Waals surface area contributed by atoms with Crippen molar-refractivity contribution >= 4 is 21.9 Å². The van der Waals surface area contributed by atoms with Gasteiger partial charge in [-0.3, -0.25) is 0 Å². The van der Waals surface area contributed by atoms with Gasteiger partial charge in [0.25, 0.3) is 0 Å². The van der Waals surface area contributed by atoms with Crippen LogP contribution in [0.3, 0.4) is 0 Å². The molecule has 0 aliphatic heterocycles. The minimum Gasteiger partial charge on any atom is -0.479 e. The number of carbonyl (C=O) groups is 1. The summed E-state index contributed by atoms with van der Waals surface area (Å²) < 4.78 is 0.627. The second kappa shape index (κ2) is 4.91. The Kier molecular flexibility index (Phi) is 3.83. The van der Waals surface area contributed by atoms with Gasteiger partial charge in [0.15, 0.2) is 6.10 Å². The van der Waals surface area contributed by atoms with Gasteiger partial charge in [-0.25, -0.2) is 4.79 Å². The molecule has 0 spiro atoms. The van der Waals surface area contributed by atoms with E-state index >= 15 is 0 Å². The number of nitriles is 1. The minimum absolute atomic E-state index is 0.0155. The first kappa shape index (κ1) is 11.7. The maximum atomic E-state index is 10.4. The lowest BCUT2D eigenvalue weighted by Gasteiger charge is -2.07. The van der Waals surface area contributed by atoms with E-state index in [2.05, 4.69) is 15.9 Å². The van der Waals surface area contributed by atoms with Crippen molar-refractivity contribution in [1.29, 1.82) is 5.26 Å². The van der Waals surface area contributed by atoms with Gasteiger partial charge in [-0.1, -0.05) is 22.0 Å². The van der Waals surface area contributed by atoms with E-state index in [1.165, 1.54) is 0 Å². The van der Waals surface area contributed by atoms with E-state index < -0.39 is 12.1 Å². The fourth-order valence-corrected chi connectivity index (χ4v) is 1.62. The molecule has 0 heterocycles. The Morgan fingerprint density at radius 2 is 2.27 bits per heavy atom. The molecule has 0 bridgehead atoms. The number of benzene rings is 1. The molecule has 0 fully saturated rings. The fourth-order valence-electron chi connectivity index (χ4n) is 1.08. The summed E-state index contributed by atoms with van der Waals surface area (Å²) in [6, 6.07) is 6.75. The number of hydrogen-bond acceptors (Lipinski definition) is 3. The highest BCUT2D eigenvalue weighted by Crippen LogP contribution is 2.19. The molecule has 0 aromatic heterocycles. The van der Waals surface area contributed by atoms with Crippen LogP contribution in [0.5, 0.6) is 0 Å². The highest BCUT2D eigenvalue weighted by atomic mass is 79.9. The summed E-state index contributed by atoms with van der Waals surface area (Å²) in [7, 11) is 0. The van der Waals surface area contributed by atoms with Crippen LogP contribution < -0.4 is 0 Å². The predicted molar refractivity (Wildman–Crippen MR) is 56.2 cm³/mol. The molecule has 1 rings (SSSR count). The van der Waals surface area contributed by atoms with E-state index in [0.29, 0.717) is 15.6 Å². The van der Waals surface area contributed by atoms with Gasteiger partial charge in [-0.05, 0) is 17.7 Å². The Balaban J connectivity index is 2.88. The number of hydrogen-bond donors (Lipinski definition) is 2. The zero-order valence-electron chi connectivity index (χ0n) is 7.64. The van der Waals surface area contributed by atoms with Crippen molar-refractivity contribution in [2.45, 2.75) is 12.5 Å². The van der Waals surface area contributed by atoms with Crippen molar-refractivity contribution in [2.24, 2.45) is 0 Å². The molecule has 1 aromatic rings. The van der Waals surface area contributed by atoms with Crippen LogP contribution in [0.4, 0.5) is 0 Å². The first-order valence-corrected chi connectivity index (χ1v) is 4.93. The van der Waals surface area contributed by atoms with Crippen LogP contribution in [0.15, 0.2) is 22.7 Å². The SMILES string of the molecule is N#Cc1ccc(CC(O)C(=O)O)c(Br)c1. The molecule has 78 valence electrons. The van der Waals surface area contributed by atoms with Gasteiger partial charge in [-0.15, -0.1) is 0 Å². The number of carboxylic acids is 1. The number of rotatable bonds is 3. The Labute approximate surface area is 94.9 Å². The van der Waals surface area contributed by atoms with E-state index in [-0.39, 0.29) is 6.42 Å². The average molecular weight is 270 g/mol. The van der Waals surface area contributed by atoms with Gasteiger partial charge >= 0.3 is 5.97 Å². The van der Waals surface area contributed by atoms with E-state index in [0.717, 1.165) is 0 Å². The predicted octanol–water partition coefficient (Wildman–Crippen LogP) is 1.31. The number of aliphatic carboxylic acids is 1. The number of halogens is 1. The van der Waals surface area contributed by atoms with Crippen LogP contribution in [-0.4, -0.2) is 22.3 Å². The molecule has 0 saturated carbocycles. The van der Waals surface area contributed by atoms with Gasteiger partial charge in [0.05, 0.1) is 11.6 Å². The highest BCUT2D eigenvalue weighted by molar-refractivity contribution is 9.10. The van der Waals surface area contributed by atoms with Crippen molar-refractivity contribution in [3.05, 3.63) is 33.8 Å². The van der Waals surface area contributed by atoms with Crippen LogP contribution in [0.25, 0.3) is 0 Å². The number of carboxylic acid groups (broad SMARTS) is 1. The fraction of sp³-hybridized carbons (Fsp3) is 0.200. The molecular weight excluding hydrogens is 262 g/mol. The molecule has 1 aromatic carbocycles. The molecule has 1 unspecified atom stereocenters. The molecule has 0 radical (unpaired) electrons. The van der Waals surface area contributed by atoms with Crippen LogP contribution in [0.1, 0.15) is 11.1 Å². The lowest BCUT2D eigenvalue weighted by molar-refractivity contribution is -0.146. The Hall–Kier alpha value is -1.38. The topological polar surface area (TPSA) is 81.3 Å². The highest BCUT2D eigenvalue weighted by Gasteiger charge is 2.15. The summed E-state index contributed by atoms with van der Waals surface area (Å²) in [6.07, 6.45) is -1.41. The number of nitrogens with zero attached hydrogens (tertiary/aromatic N) is 1. The third kappa shape index (κ3) is 3.05. The van der Waals surface area contributed by atoms with Gasteiger partial charge in [0.1, 0.15) is 0 Å². The van der Waals surface area contributed by atoms with Crippen LogP contribution >= 0.6 is 15.9 Å². The van der Waals surface area contributed by atoms with Crippen molar-refractivity contribution in [3.8, 4) is 6.07 Å². The minimum atomic E-state index is -1.42. The summed E-state index contributed by atoms with van der Waals surface area (Å²) in [4.78, 5) is 10.4. The van der Waals surface area contributed by atoms with Crippen molar-refractivity contribution in [2.75, 3.05) is 0 Å². The molecular formula is C10H8BrNO3. The molecule has 4 nitrogen and oxygen atoms in total. The normalized spacial score (nSPS) is 11.8. The van der Waals surface area contributed by atoms with Crippen LogP contribution in [-0.2, 0) is 11.2 Å². The quantitative estimate of drug-likeness (QED) is 0.867. The van der Waals surface area contributed by atoms with Gasteiger partial charge in [0.2, 0.25) is 0 Å². The molecule has 0 saturated heterocycles. The number of aliphatic hydroxyl groups is 1. The van der Waals surface area contributed by atoms with Gasteiger partial charge in [0, 0.05) is 10.9 Å². The summed E-state index contributed by atoms with van der Waals surface area (Å²) in [6.45, 7) is 0. The zero-order chi connectivity index (χ0) is 11.4. The van der Waals surface area contributed by atoms with E-state index in [9.17, 15) is 4.79 Å². The van der Waals surface area contributed by atoms with Gasteiger partial charge < -0.3 is 10.2 Å².